The van der Waals surface area contributed by atoms with Gasteiger partial charge >= 0.3 is 0 Å². The van der Waals surface area contributed by atoms with Crippen molar-refractivity contribution in [3.8, 4) is 11.5 Å². The van der Waals surface area contributed by atoms with Gasteiger partial charge in [0.2, 0.25) is 6.79 Å². The molecule has 0 saturated carbocycles. The number of rotatable bonds is 0. The van der Waals surface area contributed by atoms with Gasteiger partial charge in [0.15, 0.2) is 23.9 Å². The van der Waals surface area contributed by atoms with Gasteiger partial charge in [-0.2, -0.15) is 4.73 Å². The molecule has 0 aliphatic carbocycles. The molecule has 0 amide bonds. The minimum atomic E-state index is 0.253. The van der Waals surface area contributed by atoms with Crippen molar-refractivity contribution in [3.05, 3.63) is 35.8 Å². The number of hydrogen-bond donors (Lipinski definition) is 0. The second-order valence-corrected chi connectivity index (χ2v) is 3.14. The molecule has 1 aromatic carbocycles. The fraction of sp³-hybridized carbons (Fsp3) is 0.100. The third kappa shape index (κ3) is 0.970. The summed E-state index contributed by atoms with van der Waals surface area (Å²) in [6.45, 7) is 0.253. The zero-order valence-electron chi connectivity index (χ0n) is 7.27. The highest BCUT2D eigenvalue weighted by Crippen LogP contribution is 2.35. The molecule has 0 saturated heterocycles. The summed E-state index contributed by atoms with van der Waals surface area (Å²) in [6.07, 6.45) is 2.97. The number of pyridine rings is 1. The zero-order valence-corrected chi connectivity index (χ0v) is 7.27. The smallest absolute Gasteiger partial charge is 0.231 e. The predicted octanol–water partition coefficient (Wildman–Crippen LogP) is 1.20. The first kappa shape index (κ1) is 7.44. The van der Waals surface area contributed by atoms with Gasteiger partial charge in [-0.1, -0.05) is 0 Å². The van der Waals surface area contributed by atoms with Crippen molar-refractivity contribution in [1.82, 2.24) is 0 Å². The molecule has 0 unspecified atom stereocenters. The maximum Gasteiger partial charge on any atom is 0.231 e. The molecule has 0 atom stereocenters. The van der Waals surface area contributed by atoms with Crippen LogP contribution in [-0.2, 0) is 0 Å². The van der Waals surface area contributed by atoms with E-state index in [1.54, 1.807) is 6.07 Å². The van der Waals surface area contributed by atoms with Crippen molar-refractivity contribution in [1.29, 1.82) is 0 Å². The Morgan fingerprint density at radius 1 is 1.14 bits per heavy atom. The molecule has 0 radical (unpaired) electrons. The molecule has 1 aliphatic rings. The van der Waals surface area contributed by atoms with Crippen molar-refractivity contribution in [2.75, 3.05) is 6.79 Å². The van der Waals surface area contributed by atoms with Crippen LogP contribution >= 0.6 is 0 Å². The van der Waals surface area contributed by atoms with Crippen LogP contribution in [0.3, 0.4) is 0 Å². The molecule has 0 fully saturated rings. The third-order valence-corrected chi connectivity index (χ3v) is 2.25. The molecule has 0 bridgehead atoms. The minimum Gasteiger partial charge on any atom is -0.619 e. The zero-order chi connectivity index (χ0) is 9.54. The number of aromatic nitrogens is 1. The molecule has 3 rings (SSSR count). The quantitative estimate of drug-likeness (QED) is 0.462. The summed E-state index contributed by atoms with van der Waals surface area (Å²) in [5, 5.41) is 12.9. The SMILES string of the molecule is [O-][n+]1ccc2cc3c(cc2c1)OCO3. The summed E-state index contributed by atoms with van der Waals surface area (Å²) in [4.78, 5) is 0. The highest BCUT2D eigenvalue weighted by molar-refractivity contribution is 5.84. The van der Waals surface area contributed by atoms with Gasteiger partial charge < -0.3 is 14.7 Å². The first-order chi connectivity index (χ1) is 6.83. The topological polar surface area (TPSA) is 45.4 Å². The van der Waals surface area contributed by atoms with E-state index in [9.17, 15) is 5.21 Å². The highest BCUT2D eigenvalue weighted by atomic mass is 16.7. The Hall–Kier alpha value is -1.97. The van der Waals surface area contributed by atoms with Gasteiger partial charge in [0, 0.05) is 6.07 Å². The van der Waals surface area contributed by atoms with Gasteiger partial charge in [0.1, 0.15) is 0 Å². The minimum absolute atomic E-state index is 0.253. The van der Waals surface area contributed by atoms with Gasteiger partial charge in [-0.25, -0.2) is 0 Å². The molecule has 2 heterocycles. The van der Waals surface area contributed by atoms with Crippen molar-refractivity contribution < 1.29 is 14.2 Å². The van der Waals surface area contributed by atoms with Crippen LogP contribution < -0.4 is 14.2 Å². The van der Waals surface area contributed by atoms with Crippen LogP contribution in [-0.4, -0.2) is 6.79 Å². The second-order valence-electron chi connectivity index (χ2n) is 3.14. The van der Waals surface area contributed by atoms with Crippen LogP contribution in [0.2, 0.25) is 0 Å². The maximum atomic E-state index is 11.0. The number of ether oxygens (including phenoxy) is 2. The van der Waals surface area contributed by atoms with Crippen molar-refractivity contribution in [2.24, 2.45) is 0 Å². The Bertz CT molecular complexity index is 510. The first-order valence-corrected chi connectivity index (χ1v) is 4.25. The number of fused-ring (bicyclic) bond motifs is 2. The molecule has 1 aliphatic heterocycles. The molecule has 4 nitrogen and oxygen atoms in total. The Morgan fingerprint density at radius 3 is 2.64 bits per heavy atom. The van der Waals surface area contributed by atoms with E-state index in [1.165, 1.54) is 12.4 Å². The molecule has 4 heteroatoms. The van der Waals surface area contributed by atoms with Crippen LogP contribution in [0.4, 0.5) is 0 Å². The van der Waals surface area contributed by atoms with Gasteiger partial charge in [-0.05, 0) is 17.5 Å². The van der Waals surface area contributed by atoms with E-state index in [2.05, 4.69) is 0 Å². The summed E-state index contributed by atoms with van der Waals surface area (Å²) < 4.78 is 11.2. The highest BCUT2D eigenvalue weighted by Gasteiger charge is 2.14. The normalized spacial score (nSPS) is 13.4. The third-order valence-electron chi connectivity index (χ3n) is 2.25. The Labute approximate surface area is 79.9 Å². The van der Waals surface area contributed by atoms with Crippen molar-refractivity contribution in [3.63, 3.8) is 0 Å². The fourth-order valence-electron chi connectivity index (χ4n) is 1.56. The average molecular weight is 189 g/mol. The maximum absolute atomic E-state index is 11.0. The lowest BCUT2D eigenvalue weighted by Gasteiger charge is -2.00. The van der Waals surface area contributed by atoms with E-state index in [4.69, 9.17) is 9.47 Å². The molecule has 0 N–H and O–H groups in total. The standard InChI is InChI=1S/C10H7NO3/c12-11-2-1-7-3-9-10(14-6-13-9)4-8(7)5-11/h1-5H,6H2. The van der Waals surface area contributed by atoms with Gasteiger partial charge in [-0.15, -0.1) is 0 Å². The van der Waals surface area contributed by atoms with Crippen LogP contribution in [0.15, 0.2) is 30.6 Å². The van der Waals surface area contributed by atoms with E-state index in [1.807, 2.05) is 12.1 Å². The first-order valence-electron chi connectivity index (χ1n) is 4.25. The van der Waals surface area contributed by atoms with Gasteiger partial charge in [0.25, 0.3) is 0 Å². The van der Waals surface area contributed by atoms with E-state index >= 15 is 0 Å². The molecule has 70 valence electrons. The van der Waals surface area contributed by atoms with Crippen molar-refractivity contribution in [2.45, 2.75) is 0 Å². The van der Waals surface area contributed by atoms with Crippen LogP contribution in [0.25, 0.3) is 10.8 Å². The van der Waals surface area contributed by atoms with E-state index in [0.29, 0.717) is 5.75 Å². The Kier molecular flexibility index (Phi) is 1.33. The number of benzene rings is 1. The molecular weight excluding hydrogens is 182 g/mol. The summed E-state index contributed by atoms with van der Waals surface area (Å²) >= 11 is 0. The van der Waals surface area contributed by atoms with Crippen LogP contribution in [0, 0.1) is 5.21 Å². The molecule has 1 aromatic heterocycles. The predicted molar refractivity (Wildman–Crippen MR) is 49.0 cm³/mol. The monoisotopic (exact) mass is 189 g/mol. The fourth-order valence-corrected chi connectivity index (χ4v) is 1.56. The Morgan fingerprint density at radius 2 is 1.86 bits per heavy atom. The molecule has 2 aromatic rings. The van der Waals surface area contributed by atoms with Gasteiger partial charge in [0.05, 0.1) is 5.39 Å². The largest absolute Gasteiger partial charge is 0.619 e. The lowest BCUT2D eigenvalue weighted by atomic mass is 10.1. The lowest BCUT2D eigenvalue weighted by Crippen LogP contribution is -2.23. The molecule has 14 heavy (non-hydrogen) atoms. The van der Waals surface area contributed by atoms with Crippen LogP contribution in [0.1, 0.15) is 0 Å². The molecular formula is C10H7NO3. The summed E-state index contributed by atoms with van der Waals surface area (Å²) in [7, 11) is 0. The number of hydrogen-bond acceptors (Lipinski definition) is 3. The lowest BCUT2D eigenvalue weighted by molar-refractivity contribution is -0.603. The van der Waals surface area contributed by atoms with E-state index in [0.717, 1.165) is 21.3 Å². The van der Waals surface area contributed by atoms with E-state index in [-0.39, 0.29) is 6.79 Å². The van der Waals surface area contributed by atoms with Crippen LogP contribution in [0.5, 0.6) is 11.5 Å². The summed E-state index contributed by atoms with van der Waals surface area (Å²) in [6, 6.07) is 5.44. The number of nitrogens with zero attached hydrogens (tertiary/aromatic N) is 1. The summed E-state index contributed by atoms with van der Waals surface area (Å²) in [5.74, 6) is 1.44. The summed E-state index contributed by atoms with van der Waals surface area (Å²) in [5.41, 5.74) is 0. The average Bonchev–Trinajstić information content (AvgIpc) is 2.61. The van der Waals surface area contributed by atoms with Gasteiger partial charge in [-0.3, -0.25) is 0 Å². The second kappa shape index (κ2) is 2.51. The van der Waals surface area contributed by atoms with Crippen molar-refractivity contribution >= 4 is 10.8 Å². The molecule has 0 spiro atoms. The Balaban J connectivity index is 2.33. The van der Waals surface area contributed by atoms with E-state index < -0.39 is 0 Å².